The lowest BCUT2D eigenvalue weighted by Crippen LogP contribution is -2.47. The predicted octanol–water partition coefficient (Wildman–Crippen LogP) is 3.08. The molecule has 0 aromatic carbocycles. The summed E-state index contributed by atoms with van der Waals surface area (Å²) < 4.78 is 6.29. The molecule has 0 unspecified atom stereocenters. The van der Waals surface area contributed by atoms with Crippen molar-refractivity contribution in [3.8, 4) is 0 Å². The van der Waals surface area contributed by atoms with Gasteiger partial charge in [-0.25, -0.2) is 9.97 Å². The van der Waals surface area contributed by atoms with Gasteiger partial charge in [-0.05, 0) is 38.4 Å². The Morgan fingerprint density at radius 2 is 2.42 bits per heavy atom. The first-order valence-corrected chi connectivity index (χ1v) is 9.54. The van der Waals surface area contributed by atoms with Gasteiger partial charge in [-0.3, -0.25) is 4.90 Å². The van der Waals surface area contributed by atoms with E-state index in [-0.39, 0.29) is 5.60 Å². The molecule has 2 aromatic heterocycles. The number of hydrogen-bond donors (Lipinski definition) is 1. The highest BCUT2D eigenvalue weighted by Crippen LogP contribution is 2.36. The van der Waals surface area contributed by atoms with E-state index in [0.29, 0.717) is 6.04 Å². The van der Waals surface area contributed by atoms with Crippen molar-refractivity contribution in [1.82, 2.24) is 14.9 Å². The first-order chi connectivity index (χ1) is 11.7. The van der Waals surface area contributed by atoms with Gasteiger partial charge in [0.15, 0.2) is 0 Å². The van der Waals surface area contributed by atoms with Crippen LogP contribution in [0, 0.1) is 6.92 Å². The largest absolute Gasteiger partial charge is 0.371 e. The standard InChI is InChI=1S/C18H24N4OS/c1-14-20-16(12-24-14)10-22-8-4-6-18(13-22)9-15(11-23-18)21-17-5-2-3-7-19-17/h2-3,5,7,12,15H,4,6,8-11,13H2,1H3,(H,19,21)/t15-,18-/m0/s1. The van der Waals surface area contributed by atoms with Gasteiger partial charge >= 0.3 is 0 Å². The van der Waals surface area contributed by atoms with Crippen LogP contribution in [0.25, 0.3) is 0 Å². The third-order valence-electron chi connectivity index (χ3n) is 4.90. The molecule has 0 aliphatic carbocycles. The Morgan fingerprint density at radius 3 is 3.21 bits per heavy atom. The van der Waals surface area contributed by atoms with Crippen molar-refractivity contribution in [3.63, 3.8) is 0 Å². The van der Waals surface area contributed by atoms with Crippen LogP contribution in [-0.4, -0.2) is 46.2 Å². The van der Waals surface area contributed by atoms with Crippen LogP contribution in [0.3, 0.4) is 0 Å². The van der Waals surface area contributed by atoms with E-state index in [9.17, 15) is 0 Å². The zero-order chi connectivity index (χ0) is 16.4. The summed E-state index contributed by atoms with van der Waals surface area (Å²) in [4.78, 5) is 11.5. The van der Waals surface area contributed by atoms with Crippen LogP contribution in [-0.2, 0) is 11.3 Å². The average molecular weight is 344 g/mol. The van der Waals surface area contributed by atoms with Gasteiger partial charge in [0, 0.05) is 31.1 Å². The zero-order valence-corrected chi connectivity index (χ0v) is 14.9. The van der Waals surface area contributed by atoms with Gasteiger partial charge in [0.05, 0.1) is 29.0 Å². The van der Waals surface area contributed by atoms with Gasteiger partial charge in [0.1, 0.15) is 5.82 Å². The summed E-state index contributed by atoms with van der Waals surface area (Å²) in [5.41, 5.74) is 1.19. The molecule has 24 heavy (non-hydrogen) atoms. The molecular formula is C18H24N4OS. The van der Waals surface area contributed by atoms with E-state index in [1.807, 2.05) is 24.4 Å². The van der Waals surface area contributed by atoms with Crippen molar-refractivity contribution in [3.05, 3.63) is 40.5 Å². The average Bonchev–Trinajstić information content (AvgIpc) is 3.15. The van der Waals surface area contributed by atoms with Crippen molar-refractivity contribution in [2.45, 2.75) is 44.4 Å². The van der Waals surface area contributed by atoms with Gasteiger partial charge in [-0.2, -0.15) is 0 Å². The molecule has 0 bridgehead atoms. The number of aromatic nitrogens is 2. The maximum atomic E-state index is 6.29. The molecule has 0 saturated carbocycles. The summed E-state index contributed by atoms with van der Waals surface area (Å²) in [7, 11) is 0. The lowest BCUT2D eigenvalue weighted by atomic mass is 9.88. The summed E-state index contributed by atoms with van der Waals surface area (Å²) in [5, 5.41) is 6.84. The highest BCUT2D eigenvalue weighted by Gasteiger charge is 2.43. The third-order valence-corrected chi connectivity index (χ3v) is 5.72. The van der Waals surface area contributed by atoms with Gasteiger partial charge in [0.2, 0.25) is 0 Å². The van der Waals surface area contributed by atoms with Gasteiger partial charge in [0.25, 0.3) is 0 Å². The number of piperidine rings is 1. The molecule has 0 amide bonds. The number of anilines is 1. The van der Waals surface area contributed by atoms with Crippen LogP contribution >= 0.6 is 11.3 Å². The molecule has 128 valence electrons. The van der Waals surface area contributed by atoms with E-state index in [0.717, 1.165) is 49.9 Å². The second-order valence-corrected chi connectivity index (χ2v) is 7.99. The number of likely N-dealkylation sites (tertiary alicyclic amines) is 1. The number of nitrogens with zero attached hydrogens (tertiary/aromatic N) is 3. The molecule has 0 radical (unpaired) electrons. The maximum absolute atomic E-state index is 6.29. The number of nitrogens with one attached hydrogen (secondary N) is 1. The number of aryl methyl sites for hydroxylation is 1. The molecule has 4 heterocycles. The van der Waals surface area contributed by atoms with Crippen molar-refractivity contribution < 1.29 is 4.74 Å². The molecule has 2 aliphatic rings. The minimum absolute atomic E-state index is 0.00420. The topological polar surface area (TPSA) is 50.3 Å². The molecule has 2 fully saturated rings. The minimum Gasteiger partial charge on any atom is -0.371 e. The minimum atomic E-state index is -0.00420. The van der Waals surface area contributed by atoms with Crippen LogP contribution in [0.15, 0.2) is 29.8 Å². The summed E-state index contributed by atoms with van der Waals surface area (Å²) in [6.45, 7) is 5.91. The summed E-state index contributed by atoms with van der Waals surface area (Å²) in [5.74, 6) is 0.939. The number of rotatable bonds is 4. The van der Waals surface area contributed by atoms with Crippen LogP contribution in [0.2, 0.25) is 0 Å². The quantitative estimate of drug-likeness (QED) is 0.924. The Kier molecular flexibility index (Phi) is 4.52. The maximum Gasteiger partial charge on any atom is 0.126 e. The summed E-state index contributed by atoms with van der Waals surface area (Å²) in [6, 6.07) is 6.32. The Balaban J connectivity index is 1.36. The number of hydrogen-bond acceptors (Lipinski definition) is 6. The van der Waals surface area contributed by atoms with Crippen molar-refractivity contribution in [2.75, 3.05) is 25.0 Å². The van der Waals surface area contributed by atoms with E-state index in [4.69, 9.17) is 4.74 Å². The fourth-order valence-electron chi connectivity index (χ4n) is 3.91. The molecule has 2 aliphatic heterocycles. The Hall–Kier alpha value is -1.50. The molecule has 2 saturated heterocycles. The lowest BCUT2D eigenvalue weighted by Gasteiger charge is -2.39. The highest BCUT2D eigenvalue weighted by molar-refractivity contribution is 7.09. The van der Waals surface area contributed by atoms with E-state index >= 15 is 0 Å². The highest BCUT2D eigenvalue weighted by atomic mass is 32.1. The fraction of sp³-hybridized carbons (Fsp3) is 0.556. The van der Waals surface area contributed by atoms with Gasteiger partial charge < -0.3 is 10.1 Å². The smallest absolute Gasteiger partial charge is 0.126 e. The number of pyridine rings is 1. The Labute approximate surface area is 147 Å². The predicted molar refractivity (Wildman–Crippen MR) is 96.3 cm³/mol. The second kappa shape index (κ2) is 6.78. The molecule has 2 atom stereocenters. The number of thiazole rings is 1. The van der Waals surface area contributed by atoms with E-state index < -0.39 is 0 Å². The first-order valence-electron chi connectivity index (χ1n) is 8.66. The summed E-state index contributed by atoms with van der Waals surface area (Å²) in [6.07, 6.45) is 5.22. The molecule has 6 heteroatoms. The first kappa shape index (κ1) is 16.0. The molecule has 4 rings (SSSR count). The second-order valence-electron chi connectivity index (χ2n) is 6.93. The summed E-state index contributed by atoms with van der Waals surface area (Å²) >= 11 is 1.73. The third kappa shape index (κ3) is 3.61. The van der Waals surface area contributed by atoms with Crippen LogP contribution < -0.4 is 5.32 Å². The van der Waals surface area contributed by atoms with E-state index in [1.165, 1.54) is 12.1 Å². The van der Waals surface area contributed by atoms with Crippen LogP contribution in [0.4, 0.5) is 5.82 Å². The molecule has 2 aromatic rings. The molecular weight excluding hydrogens is 320 g/mol. The van der Waals surface area contributed by atoms with Crippen LogP contribution in [0.5, 0.6) is 0 Å². The normalized spacial score (nSPS) is 27.6. The monoisotopic (exact) mass is 344 g/mol. The van der Waals surface area contributed by atoms with Crippen molar-refractivity contribution in [2.24, 2.45) is 0 Å². The molecule has 1 N–H and O–H groups in total. The van der Waals surface area contributed by atoms with E-state index in [2.05, 4.69) is 32.5 Å². The van der Waals surface area contributed by atoms with Gasteiger partial charge in [-0.15, -0.1) is 11.3 Å². The van der Waals surface area contributed by atoms with Crippen LogP contribution in [0.1, 0.15) is 30.0 Å². The van der Waals surface area contributed by atoms with Crippen molar-refractivity contribution >= 4 is 17.2 Å². The zero-order valence-electron chi connectivity index (χ0n) is 14.1. The lowest BCUT2D eigenvalue weighted by molar-refractivity contribution is -0.0535. The molecule has 5 nitrogen and oxygen atoms in total. The van der Waals surface area contributed by atoms with E-state index in [1.54, 1.807) is 11.3 Å². The molecule has 1 spiro atoms. The fourth-order valence-corrected chi connectivity index (χ4v) is 4.52. The Bertz CT molecular complexity index is 677. The Morgan fingerprint density at radius 1 is 1.46 bits per heavy atom. The SMILES string of the molecule is Cc1nc(CN2CCC[C@]3(C[C@H](Nc4ccccn4)CO3)C2)cs1. The van der Waals surface area contributed by atoms with Crippen molar-refractivity contribution in [1.29, 1.82) is 0 Å². The number of ether oxygens (including phenoxy) is 1. The van der Waals surface area contributed by atoms with Gasteiger partial charge in [-0.1, -0.05) is 6.07 Å².